The Morgan fingerprint density at radius 2 is 1.90 bits per heavy atom. The molecule has 0 spiro atoms. The van der Waals surface area contributed by atoms with Crippen molar-refractivity contribution in [3.05, 3.63) is 34.9 Å². The van der Waals surface area contributed by atoms with Gasteiger partial charge in [0.05, 0.1) is 12.5 Å². The van der Waals surface area contributed by atoms with E-state index in [9.17, 15) is 14.4 Å². The number of urea groups is 1. The minimum Gasteiger partial charge on any atom is -0.452 e. The van der Waals surface area contributed by atoms with Crippen LogP contribution in [0.25, 0.3) is 0 Å². The monoisotopic (exact) mass is 313 g/mol. The Morgan fingerprint density at radius 3 is 2.43 bits per heavy atom. The maximum Gasteiger partial charge on any atom is 0.312 e. The molecule has 0 unspecified atom stereocenters. The predicted octanol–water partition coefficient (Wildman–Crippen LogP) is 0.856. The number of hydrogen-bond donors (Lipinski definition) is 3. The number of carbonyl (C=O) groups is 3. The largest absolute Gasteiger partial charge is 0.452 e. The summed E-state index contributed by atoms with van der Waals surface area (Å²) in [5.74, 6) is -1.47. The molecule has 7 nitrogen and oxygen atoms in total. The van der Waals surface area contributed by atoms with Crippen molar-refractivity contribution in [2.45, 2.75) is 25.5 Å². The summed E-state index contributed by atoms with van der Waals surface area (Å²) < 4.78 is 4.84. The Morgan fingerprint density at radius 1 is 1.29 bits per heavy atom. The Hall–Kier alpha value is -2.28. The average Bonchev–Trinajstić information content (AvgIpc) is 2.37. The number of amides is 3. The fourth-order valence-corrected chi connectivity index (χ4v) is 1.91. The molecule has 0 aliphatic heterocycles. The van der Waals surface area contributed by atoms with Crippen LogP contribution in [0.2, 0.25) is 5.02 Å². The van der Waals surface area contributed by atoms with E-state index in [-0.39, 0.29) is 6.42 Å². The fraction of sp³-hybridized carbons (Fsp3) is 0.308. The molecule has 1 aromatic rings. The molecule has 1 rings (SSSR count). The molecule has 0 aliphatic carbocycles. The first kappa shape index (κ1) is 16.8. The van der Waals surface area contributed by atoms with Crippen LogP contribution in [0.3, 0.4) is 0 Å². The topological polar surface area (TPSA) is 125 Å². The average molecular weight is 314 g/mol. The lowest BCUT2D eigenvalue weighted by molar-refractivity contribution is -0.154. The van der Waals surface area contributed by atoms with E-state index in [1.54, 1.807) is 24.3 Å². The highest BCUT2D eigenvalue weighted by atomic mass is 35.5. The Balaban J connectivity index is 2.85. The van der Waals surface area contributed by atoms with Gasteiger partial charge in [-0.2, -0.15) is 0 Å². The van der Waals surface area contributed by atoms with Crippen molar-refractivity contribution >= 4 is 29.5 Å². The molecule has 0 aromatic heterocycles. The maximum atomic E-state index is 11.8. The highest BCUT2D eigenvalue weighted by Gasteiger charge is 2.22. The molecule has 8 heteroatoms. The maximum absolute atomic E-state index is 11.8. The van der Waals surface area contributed by atoms with Crippen LogP contribution in [0, 0.1) is 0 Å². The molecule has 0 saturated heterocycles. The van der Waals surface area contributed by atoms with Crippen LogP contribution in [0.1, 0.15) is 24.9 Å². The summed E-state index contributed by atoms with van der Waals surface area (Å²) in [5, 5.41) is 2.78. The smallest absolute Gasteiger partial charge is 0.312 e. The standard InChI is InChI=1S/C13H16ClN3O4/c1-7(12(15)19)21-11(18)6-10(17-13(16)20)8-4-2-3-5-9(8)14/h2-5,7,10H,6H2,1H3,(H2,15,19)(H3,16,17,20)/t7-,10+/m1/s1. The van der Waals surface area contributed by atoms with Gasteiger partial charge in [-0.05, 0) is 18.6 Å². The Kier molecular flexibility index (Phi) is 5.98. The van der Waals surface area contributed by atoms with E-state index >= 15 is 0 Å². The van der Waals surface area contributed by atoms with Crippen LogP contribution in [-0.2, 0) is 14.3 Å². The lowest BCUT2D eigenvalue weighted by Gasteiger charge is -2.19. The molecule has 3 amide bonds. The SMILES string of the molecule is C[C@@H](OC(=O)C[C@H](NC(N)=O)c1ccccc1Cl)C(N)=O. The zero-order chi connectivity index (χ0) is 16.0. The van der Waals surface area contributed by atoms with Crippen molar-refractivity contribution in [2.75, 3.05) is 0 Å². The number of rotatable bonds is 6. The highest BCUT2D eigenvalue weighted by molar-refractivity contribution is 6.31. The molecule has 0 radical (unpaired) electrons. The quantitative estimate of drug-likeness (QED) is 0.673. The molecule has 0 aliphatic rings. The number of ether oxygens (including phenoxy) is 1. The van der Waals surface area contributed by atoms with Crippen molar-refractivity contribution < 1.29 is 19.1 Å². The summed E-state index contributed by atoms with van der Waals surface area (Å²) in [6.45, 7) is 1.35. The first-order chi connectivity index (χ1) is 9.81. The number of primary amides is 2. The van der Waals surface area contributed by atoms with Crippen LogP contribution in [-0.4, -0.2) is 24.0 Å². The van der Waals surface area contributed by atoms with E-state index in [4.69, 9.17) is 27.8 Å². The van der Waals surface area contributed by atoms with Crippen LogP contribution in [0.5, 0.6) is 0 Å². The molecular weight excluding hydrogens is 298 g/mol. The molecular formula is C13H16ClN3O4. The lowest BCUT2D eigenvalue weighted by atomic mass is 10.0. The fourth-order valence-electron chi connectivity index (χ4n) is 1.64. The Labute approximate surface area is 126 Å². The zero-order valence-electron chi connectivity index (χ0n) is 11.3. The van der Waals surface area contributed by atoms with Gasteiger partial charge in [0.25, 0.3) is 5.91 Å². The third kappa shape index (κ3) is 5.31. The van der Waals surface area contributed by atoms with E-state index in [0.717, 1.165) is 0 Å². The molecule has 2 atom stereocenters. The summed E-state index contributed by atoms with van der Waals surface area (Å²) in [6.07, 6.45) is -1.29. The number of nitrogens with one attached hydrogen (secondary N) is 1. The van der Waals surface area contributed by atoms with E-state index < -0.39 is 30.1 Å². The van der Waals surface area contributed by atoms with Crippen LogP contribution >= 0.6 is 11.6 Å². The van der Waals surface area contributed by atoms with Gasteiger partial charge in [0, 0.05) is 5.02 Å². The van der Waals surface area contributed by atoms with Crippen LogP contribution in [0.4, 0.5) is 4.79 Å². The van der Waals surface area contributed by atoms with Gasteiger partial charge in [-0.25, -0.2) is 4.79 Å². The van der Waals surface area contributed by atoms with Gasteiger partial charge in [-0.3, -0.25) is 9.59 Å². The molecule has 1 aromatic carbocycles. The van der Waals surface area contributed by atoms with Gasteiger partial charge in [0.2, 0.25) is 0 Å². The summed E-state index contributed by atoms with van der Waals surface area (Å²) in [6, 6.07) is 5.10. The number of benzene rings is 1. The second-order valence-electron chi connectivity index (χ2n) is 4.32. The molecule has 21 heavy (non-hydrogen) atoms. The molecule has 0 heterocycles. The predicted molar refractivity (Wildman–Crippen MR) is 76.3 cm³/mol. The van der Waals surface area contributed by atoms with Crippen LogP contribution < -0.4 is 16.8 Å². The number of halogens is 1. The van der Waals surface area contributed by atoms with Gasteiger partial charge in [-0.1, -0.05) is 29.8 Å². The number of nitrogens with two attached hydrogens (primary N) is 2. The molecule has 5 N–H and O–H groups in total. The summed E-state index contributed by atoms with van der Waals surface area (Å²) in [4.78, 5) is 33.7. The zero-order valence-corrected chi connectivity index (χ0v) is 12.1. The van der Waals surface area contributed by atoms with Gasteiger partial charge in [-0.15, -0.1) is 0 Å². The second kappa shape index (κ2) is 7.49. The van der Waals surface area contributed by atoms with Crippen molar-refractivity contribution in [1.82, 2.24) is 5.32 Å². The first-order valence-electron chi connectivity index (χ1n) is 6.10. The van der Waals surface area contributed by atoms with Gasteiger partial charge >= 0.3 is 12.0 Å². The number of carbonyl (C=O) groups excluding carboxylic acids is 3. The minimum atomic E-state index is -1.06. The van der Waals surface area contributed by atoms with Crippen molar-refractivity contribution in [3.8, 4) is 0 Å². The molecule has 0 bridgehead atoms. The highest BCUT2D eigenvalue weighted by Crippen LogP contribution is 2.25. The summed E-state index contributed by atoms with van der Waals surface area (Å²) in [5.41, 5.74) is 10.6. The molecule has 114 valence electrons. The molecule has 0 fully saturated rings. The lowest BCUT2D eigenvalue weighted by Crippen LogP contribution is -2.36. The minimum absolute atomic E-state index is 0.232. The van der Waals surface area contributed by atoms with Crippen molar-refractivity contribution in [2.24, 2.45) is 11.5 Å². The normalized spacial score (nSPS) is 13.0. The van der Waals surface area contributed by atoms with Gasteiger partial charge in [0.15, 0.2) is 6.10 Å². The van der Waals surface area contributed by atoms with E-state index in [0.29, 0.717) is 10.6 Å². The van der Waals surface area contributed by atoms with Crippen LogP contribution in [0.15, 0.2) is 24.3 Å². The Bertz CT molecular complexity index is 550. The third-order valence-corrected chi connectivity index (χ3v) is 3.02. The summed E-state index contributed by atoms with van der Waals surface area (Å²) in [7, 11) is 0. The van der Waals surface area contributed by atoms with E-state index in [2.05, 4.69) is 5.32 Å². The van der Waals surface area contributed by atoms with Crippen molar-refractivity contribution in [1.29, 1.82) is 0 Å². The first-order valence-corrected chi connectivity index (χ1v) is 6.48. The van der Waals surface area contributed by atoms with Crippen molar-refractivity contribution in [3.63, 3.8) is 0 Å². The molecule has 0 saturated carbocycles. The van der Waals surface area contributed by atoms with Gasteiger partial charge in [0.1, 0.15) is 0 Å². The third-order valence-electron chi connectivity index (χ3n) is 2.68. The number of esters is 1. The second-order valence-corrected chi connectivity index (χ2v) is 4.73. The van der Waals surface area contributed by atoms with Gasteiger partial charge < -0.3 is 21.5 Å². The van der Waals surface area contributed by atoms with E-state index in [1.165, 1.54) is 6.92 Å². The summed E-state index contributed by atoms with van der Waals surface area (Å²) >= 11 is 6.02. The van der Waals surface area contributed by atoms with E-state index in [1.807, 2.05) is 0 Å². The number of hydrogen-bond acceptors (Lipinski definition) is 4.